The number of nitrogens with zero attached hydrogens (tertiary/aromatic N) is 1. The van der Waals surface area contributed by atoms with Crippen molar-refractivity contribution in [2.45, 2.75) is 4.90 Å². The van der Waals surface area contributed by atoms with Gasteiger partial charge in [0.1, 0.15) is 0 Å². The topological polar surface area (TPSA) is 111 Å². The average molecular weight is 401 g/mol. The number of aromatic nitrogens is 1. The number of thioether (sulfide) groups is 1. The number of hydrogen-bond donors (Lipinski definition) is 2. The number of nitrogens with two attached hydrogens (primary N) is 1. The molecule has 138 valence electrons. The second-order valence-corrected chi connectivity index (χ2v) is 7.31. The predicted molar refractivity (Wildman–Crippen MR) is 105 cm³/mol. The van der Waals surface area contributed by atoms with Gasteiger partial charge >= 0.3 is 5.97 Å². The highest BCUT2D eigenvalue weighted by molar-refractivity contribution is 8.00. The Morgan fingerprint density at radius 1 is 1.19 bits per heavy atom. The summed E-state index contributed by atoms with van der Waals surface area (Å²) in [6.07, 6.45) is 0. The fourth-order valence-corrected chi connectivity index (χ4v) is 3.69. The van der Waals surface area contributed by atoms with Gasteiger partial charge in [-0.25, -0.2) is 9.78 Å². The van der Waals surface area contributed by atoms with Gasteiger partial charge in [0.05, 0.1) is 32.7 Å². The number of rotatable bonds is 7. The van der Waals surface area contributed by atoms with Crippen LogP contribution in [0.4, 0.5) is 5.69 Å². The molecule has 0 atom stereocenters. The van der Waals surface area contributed by atoms with Crippen LogP contribution in [0.15, 0.2) is 52.9 Å². The van der Waals surface area contributed by atoms with E-state index in [4.69, 9.17) is 10.5 Å². The summed E-state index contributed by atoms with van der Waals surface area (Å²) in [6, 6.07) is 12.0. The number of thiazole rings is 1. The van der Waals surface area contributed by atoms with E-state index in [1.807, 2.05) is 0 Å². The highest BCUT2D eigenvalue weighted by Crippen LogP contribution is 2.26. The maximum absolute atomic E-state index is 12.1. The van der Waals surface area contributed by atoms with Crippen LogP contribution in [0.25, 0.3) is 10.2 Å². The highest BCUT2D eigenvalue weighted by atomic mass is 32.2. The van der Waals surface area contributed by atoms with E-state index in [1.54, 1.807) is 48.0 Å². The number of benzene rings is 2. The van der Waals surface area contributed by atoms with Gasteiger partial charge in [0.2, 0.25) is 5.91 Å². The molecule has 0 saturated heterocycles. The molecule has 0 radical (unpaired) electrons. The number of hydrogen-bond acceptors (Lipinski definition) is 7. The summed E-state index contributed by atoms with van der Waals surface area (Å²) in [5, 5.41) is 2.67. The van der Waals surface area contributed by atoms with E-state index in [0.29, 0.717) is 16.1 Å². The molecule has 3 N–H and O–H groups in total. The molecule has 27 heavy (non-hydrogen) atoms. The van der Waals surface area contributed by atoms with Gasteiger partial charge < -0.3 is 15.8 Å². The van der Waals surface area contributed by atoms with E-state index in [2.05, 4.69) is 10.3 Å². The number of primary amides is 1. The summed E-state index contributed by atoms with van der Waals surface area (Å²) in [5.74, 6) is -1.42. The van der Waals surface area contributed by atoms with E-state index in [1.165, 1.54) is 23.1 Å². The van der Waals surface area contributed by atoms with Crippen molar-refractivity contribution in [2.75, 3.05) is 17.7 Å². The highest BCUT2D eigenvalue weighted by Gasteiger charge is 2.13. The third kappa shape index (κ3) is 5.05. The molecule has 0 saturated carbocycles. The molecule has 1 aromatic heterocycles. The zero-order valence-electron chi connectivity index (χ0n) is 14.0. The van der Waals surface area contributed by atoms with Crippen LogP contribution in [-0.4, -0.2) is 35.1 Å². The molecule has 0 aliphatic carbocycles. The van der Waals surface area contributed by atoms with Crippen molar-refractivity contribution >= 4 is 56.8 Å². The Kier molecular flexibility index (Phi) is 6.05. The van der Waals surface area contributed by atoms with Gasteiger partial charge in [0.25, 0.3) is 5.91 Å². The molecule has 1 heterocycles. The smallest absolute Gasteiger partial charge is 0.338 e. The first-order valence-corrected chi connectivity index (χ1v) is 9.70. The third-order valence-electron chi connectivity index (χ3n) is 3.43. The van der Waals surface area contributed by atoms with Gasteiger partial charge in [-0.2, -0.15) is 0 Å². The molecule has 0 unspecified atom stereocenters. The molecule has 2 aromatic carbocycles. The van der Waals surface area contributed by atoms with Crippen LogP contribution in [0.2, 0.25) is 0 Å². The Morgan fingerprint density at radius 3 is 2.81 bits per heavy atom. The van der Waals surface area contributed by atoms with E-state index < -0.39 is 24.4 Å². The molecule has 3 rings (SSSR count). The third-order valence-corrected chi connectivity index (χ3v) is 5.32. The quantitative estimate of drug-likeness (QED) is 0.465. The average Bonchev–Trinajstić information content (AvgIpc) is 3.13. The summed E-state index contributed by atoms with van der Waals surface area (Å²) < 4.78 is 5.95. The van der Waals surface area contributed by atoms with Crippen molar-refractivity contribution < 1.29 is 19.1 Å². The summed E-state index contributed by atoms with van der Waals surface area (Å²) in [6.45, 7) is -0.422. The minimum atomic E-state index is -0.586. The van der Waals surface area contributed by atoms with Crippen LogP contribution in [0.5, 0.6) is 0 Å². The zero-order chi connectivity index (χ0) is 19.2. The molecule has 9 heteroatoms. The molecule has 7 nitrogen and oxygen atoms in total. The van der Waals surface area contributed by atoms with E-state index in [0.717, 1.165) is 10.2 Å². The van der Waals surface area contributed by atoms with Crippen molar-refractivity contribution in [3.63, 3.8) is 0 Å². The second kappa shape index (κ2) is 8.65. The van der Waals surface area contributed by atoms with Gasteiger partial charge in [0.15, 0.2) is 6.61 Å². The van der Waals surface area contributed by atoms with Crippen LogP contribution in [-0.2, 0) is 14.3 Å². The maximum Gasteiger partial charge on any atom is 0.338 e. The number of esters is 1. The monoisotopic (exact) mass is 401 g/mol. The molecule has 2 amide bonds. The van der Waals surface area contributed by atoms with Crippen LogP contribution < -0.4 is 11.1 Å². The fourth-order valence-electron chi connectivity index (χ4n) is 2.23. The van der Waals surface area contributed by atoms with Crippen LogP contribution in [0.3, 0.4) is 0 Å². The van der Waals surface area contributed by atoms with Gasteiger partial charge in [-0.05, 0) is 30.3 Å². The largest absolute Gasteiger partial charge is 0.452 e. The molecule has 0 aliphatic rings. The number of fused-ring (bicyclic) bond motifs is 1. The Bertz CT molecular complexity index is 1000. The van der Waals surface area contributed by atoms with Gasteiger partial charge in [0, 0.05) is 4.90 Å². The van der Waals surface area contributed by atoms with Crippen molar-refractivity contribution in [3.05, 3.63) is 53.5 Å². The fraction of sp³-hybridized carbons (Fsp3) is 0.111. The number of carbonyl (C=O) groups is 3. The Labute approximate surface area is 162 Å². The standard InChI is InChI=1S/C18H15N3O4S2/c19-16(22)9-26-14-4-2-1-3-13(14)21-17(23)8-25-18(24)11-5-6-12-15(7-11)27-10-20-12/h1-7,10H,8-9H2,(H2,19,22)(H,21,23). The maximum atomic E-state index is 12.1. The van der Waals surface area contributed by atoms with Gasteiger partial charge in [-0.3, -0.25) is 9.59 Å². The van der Waals surface area contributed by atoms with E-state index in [-0.39, 0.29) is 5.75 Å². The second-order valence-electron chi connectivity index (χ2n) is 5.41. The van der Waals surface area contributed by atoms with Crippen molar-refractivity contribution in [1.29, 1.82) is 0 Å². The number of amides is 2. The molecule has 3 aromatic rings. The van der Waals surface area contributed by atoms with Crippen LogP contribution in [0, 0.1) is 0 Å². The molecule has 0 spiro atoms. The number of nitrogens with one attached hydrogen (secondary N) is 1. The SMILES string of the molecule is NC(=O)CSc1ccccc1NC(=O)COC(=O)c1ccc2ncsc2c1. The van der Waals surface area contributed by atoms with Crippen molar-refractivity contribution in [3.8, 4) is 0 Å². The van der Waals surface area contributed by atoms with Crippen LogP contribution in [0.1, 0.15) is 10.4 Å². The minimum Gasteiger partial charge on any atom is -0.452 e. The number of ether oxygens (including phenoxy) is 1. The Balaban J connectivity index is 1.58. The lowest BCUT2D eigenvalue weighted by molar-refractivity contribution is -0.119. The lowest BCUT2D eigenvalue weighted by atomic mass is 10.2. The van der Waals surface area contributed by atoms with Crippen molar-refractivity contribution in [2.24, 2.45) is 5.73 Å². The molecule has 0 aliphatic heterocycles. The summed E-state index contributed by atoms with van der Waals surface area (Å²) in [7, 11) is 0. The molecular weight excluding hydrogens is 386 g/mol. The lowest BCUT2D eigenvalue weighted by Crippen LogP contribution is -2.21. The predicted octanol–water partition coefficient (Wildman–Crippen LogP) is 2.67. The van der Waals surface area contributed by atoms with Gasteiger partial charge in [-0.15, -0.1) is 23.1 Å². The lowest BCUT2D eigenvalue weighted by Gasteiger charge is -2.10. The molecular formula is C18H15N3O4S2. The van der Waals surface area contributed by atoms with Crippen LogP contribution >= 0.6 is 23.1 Å². The molecule has 0 bridgehead atoms. The van der Waals surface area contributed by atoms with E-state index >= 15 is 0 Å². The first-order valence-electron chi connectivity index (χ1n) is 7.83. The Hall–Kier alpha value is -2.91. The summed E-state index contributed by atoms with van der Waals surface area (Å²) >= 11 is 2.64. The Morgan fingerprint density at radius 2 is 2.00 bits per heavy atom. The zero-order valence-corrected chi connectivity index (χ0v) is 15.6. The van der Waals surface area contributed by atoms with Crippen molar-refractivity contribution in [1.82, 2.24) is 4.98 Å². The number of carbonyl (C=O) groups excluding carboxylic acids is 3. The number of para-hydroxylation sites is 1. The van der Waals surface area contributed by atoms with Gasteiger partial charge in [-0.1, -0.05) is 12.1 Å². The summed E-state index contributed by atoms with van der Waals surface area (Å²) in [4.78, 5) is 40.0. The summed E-state index contributed by atoms with van der Waals surface area (Å²) in [5.41, 5.74) is 8.53. The van der Waals surface area contributed by atoms with E-state index in [9.17, 15) is 14.4 Å². The number of anilines is 1. The normalized spacial score (nSPS) is 10.5. The first kappa shape index (κ1) is 18.9. The minimum absolute atomic E-state index is 0.0991. The molecule has 0 fully saturated rings. The first-order chi connectivity index (χ1) is 13.0.